The summed E-state index contributed by atoms with van der Waals surface area (Å²) >= 11 is 0. The van der Waals surface area contributed by atoms with Crippen molar-refractivity contribution in [2.45, 2.75) is 26.8 Å². The van der Waals surface area contributed by atoms with Gasteiger partial charge in [-0.05, 0) is 61.7 Å². The van der Waals surface area contributed by atoms with E-state index in [1.165, 1.54) is 0 Å². The first-order valence-electron chi connectivity index (χ1n) is 12.9. The Labute approximate surface area is 221 Å². The van der Waals surface area contributed by atoms with Crippen LogP contribution >= 0.6 is 0 Å². The first kappa shape index (κ1) is 24.1. The molecule has 1 aliphatic heterocycles. The van der Waals surface area contributed by atoms with Crippen molar-refractivity contribution >= 4 is 22.7 Å². The van der Waals surface area contributed by atoms with Gasteiger partial charge in [0.25, 0.3) is 0 Å². The number of fused-ring (bicyclic) bond motifs is 1. The van der Waals surface area contributed by atoms with Gasteiger partial charge in [-0.2, -0.15) is 0 Å². The van der Waals surface area contributed by atoms with Crippen molar-refractivity contribution in [1.82, 2.24) is 19.9 Å². The lowest BCUT2D eigenvalue weighted by atomic mass is 10.0. The van der Waals surface area contributed by atoms with E-state index >= 15 is 0 Å². The summed E-state index contributed by atoms with van der Waals surface area (Å²) in [6, 6.07) is 16.6. The van der Waals surface area contributed by atoms with Gasteiger partial charge in [0.2, 0.25) is 5.95 Å². The van der Waals surface area contributed by atoms with Crippen LogP contribution in [0.5, 0.6) is 0 Å². The molecule has 1 aliphatic rings. The van der Waals surface area contributed by atoms with E-state index in [0.717, 1.165) is 69.3 Å². The van der Waals surface area contributed by atoms with Crippen LogP contribution in [-0.4, -0.2) is 46.2 Å². The van der Waals surface area contributed by atoms with Crippen LogP contribution < -0.4 is 10.2 Å². The molecule has 6 rings (SSSR count). The SMILES string of the molecule is Cc1nc(NC(C)c2cccc(-c3cnc(N4CCOCC4)nc3)c2)cc(-c2ccc3occ(C)c3c2)n1. The maximum atomic E-state index is 5.60. The third-order valence-electron chi connectivity index (χ3n) is 6.92. The molecular weight excluding hydrogens is 476 g/mol. The second-order valence-corrected chi connectivity index (χ2v) is 9.68. The maximum Gasteiger partial charge on any atom is 0.225 e. The fourth-order valence-electron chi connectivity index (χ4n) is 4.79. The average Bonchev–Trinajstić information content (AvgIpc) is 3.33. The van der Waals surface area contributed by atoms with Gasteiger partial charge in [0, 0.05) is 54.1 Å². The number of hydrogen-bond acceptors (Lipinski definition) is 8. The van der Waals surface area contributed by atoms with Crippen LogP contribution in [0, 0.1) is 13.8 Å². The van der Waals surface area contributed by atoms with Crippen LogP contribution in [0.1, 0.15) is 29.9 Å². The molecule has 0 spiro atoms. The monoisotopic (exact) mass is 506 g/mol. The van der Waals surface area contributed by atoms with Crippen molar-refractivity contribution in [1.29, 1.82) is 0 Å². The molecule has 1 atom stereocenters. The summed E-state index contributed by atoms with van der Waals surface area (Å²) in [4.78, 5) is 20.7. The van der Waals surface area contributed by atoms with Crippen molar-refractivity contribution in [3.05, 3.63) is 84.1 Å². The molecule has 1 saturated heterocycles. The van der Waals surface area contributed by atoms with Crippen LogP contribution in [0.3, 0.4) is 0 Å². The van der Waals surface area contributed by atoms with Gasteiger partial charge >= 0.3 is 0 Å². The van der Waals surface area contributed by atoms with Gasteiger partial charge in [0.15, 0.2) is 0 Å². The first-order chi connectivity index (χ1) is 18.5. The second-order valence-electron chi connectivity index (χ2n) is 9.68. The maximum absolute atomic E-state index is 5.60. The minimum atomic E-state index is 0.0317. The zero-order chi connectivity index (χ0) is 26.1. The number of furan rings is 1. The summed E-state index contributed by atoms with van der Waals surface area (Å²) in [6.45, 7) is 9.17. The molecule has 0 saturated carbocycles. The summed E-state index contributed by atoms with van der Waals surface area (Å²) in [5, 5.41) is 4.66. The standard InChI is InChI=1S/C30H30N6O2/c1-19-18-38-28-8-7-24(14-26(19)28)27-15-29(35-21(3)34-27)33-20(2)22-5-4-6-23(13-22)25-16-31-30(32-17-25)36-9-11-37-12-10-36/h4-8,13-18,20H,9-12H2,1-3H3,(H,33,34,35). The summed E-state index contributed by atoms with van der Waals surface area (Å²) in [7, 11) is 0. The molecule has 2 aromatic carbocycles. The Morgan fingerprint density at radius 3 is 2.53 bits per heavy atom. The molecule has 1 N–H and O–H groups in total. The number of aryl methyl sites for hydroxylation is 2. The van der Waals surface area contributed by atoms with E-state index in [0.29, 0.717) is 19.0 Å². The fourth-order valence-corrected chi connectivity index (χ4v) is 4.79. The van der Waals surface area contributed by atoms with Gasteiger partial charge in [0.05, 0.1) is 25.2 Å². The Hall–Kier alpha value is -4.30. The van der Waals surface area contributed by atoms with Crippen LogP contribution in [0.4, 0.5) is 11.8 Å². The summed E-state index contributed by atoms with van der Waals surface area (Å²) in [5.41, 5.74) is 7.11. The molecule has 38 heavy (non-hydrogen) atoms. The molecule has 8 heteroatoms. The van der Waals surface area contributed by atoms with E-state index in [2.05, 4.69) is 62.4 Å². The molecule has 0 bridgehead atoms. The Morgan fingerprint density at radius 1 is 0.895 bits per heavy atom. The number of morpholine rings is 1. The number of hydrogen-bond donors (Lipinski definition) is 1. The molecule has 1 unspecified atom stereocenters. The normalized spacial score (nSPS) is 14.6. The van der Waals surface area contributed by atoms with Gasteiger partial charge in [-0.1, -0.05) is 18.2 Å². The van der Waals surface area contributed by atoms with Gasteiger partial charge in [0.1, 0.15) is 17.2 Å². The van der Waals surface area contributed by atoms with E-state index in [9.17, 15) is 0 Å². The largest absolute Gasteiger partial charge is 0.464 e. The molecule has 192 valence electrons. The van der Waals surface area contributed by atoms with E-state index in [1.807, 2.05) is 44.4 Å². The van der Waals surface area contributed by atoms with Crippen molar-refractivity contribution in [3.8, 4) is 22.4 Å². The third-order valence-corrected chi connectivity index (χ3v) is 6.92. The predicted octanol–water partition coefficient (Wildman–Crippen LogP) is 5.97. The number of benzene rings is 2. The lowest BCUT2D eigenvalue weighted by Crippen LogP contribution is -2.37. The molecule has 0 radical (unpaired) electrons. The number of ether oxygens (including phenoxy) is 1. The Morgan fingerprint density at radius 2 is 1.71 bits per heavy atom. The third kappa shape index (κ3) is 4.95. The Kier molecular flexibility index (Phi) is 6.47. The molecule has 0 amide bonds. The number of rotatable bonds is 6. The highest BCUT2D eigenvalue weighted by molar-refractivity contribution is 5.85. The van der Waals surface area contributed by atoms with Crippen molar-refractivity contribution in [3.63, 3.8) is 0 Å². The summed E-state index contributed by atoms with van der Waals surface area (Å²) in [5.74, 6) is 2.25. The minimum Gasteiger partial charge on any atom is -0.464 e. The van der Waals surface area contributed by atoms with Crippen LogP contribution in [-0.2, 0) is 4.74 Å². The van der Waals surface area contributed by atoms with E-state index in [1.54, 1.807) is 6.26 Å². The highest BCUT2D eigenvalue weighted by atomic mass is 16.5. The predicted molar refractivity (Wildman–Crippen MR) is 149 cm³/mol. The van der Waals surface area contributed by atoms with Crippen molar-refractivity contribution < 1.29 is 9.15 Å². The number of nitrogens with zero attached hydrogens (tertiary/aromatic N) is 5. The molecular formula is C30H30N6O2. The smallest absolute Gasteiger partial charge is 0.225 e. The molecule has 8 nitrogen and oxygen atoms in total. The lowest BCUT2D eigenvalue weighted by molar-refractivity contribution is 0.122. The van der Waals surface area contributed by atoms with Crippen molar-refractivity contribution in [2.75, 3.05) is 36.5 Å². The van der Waals surface area contributed by atoms with Crippen molar-refractivity contribution in [2.24, 2.45) is 0 Å². The number of anilines is 2. The molecule has 1 fully saturated rings. The van der Waals surface area contributed by atoms with E-state index in [-0.39, 0.29) is 6.04 Å². The quantitative estimate of drug-likeness (QED) is 0.301. The molecule has 0 aliphatic carbocycles. The van der Waals surface area contributed by atoms with Gasteiger partial charge in [-0.25, -0.2) is 19.9 Å². The van der Waals surface area contributed by atoms with Crippen LogP contribution in [0.15, 0.2) is 71.6 Å². The zero-order valence-corrected chi connectivity index (χ0v) is 21.8. The number of aromatic nitrogens is 4. The fraction of sp³-hybridized carbons (Fsp3) is 0.267. The Balaban J connectivity index is 1.21. The zero-order valence-electron chi connectivity index (χ0n) is 21.8. The van der Waals surface area contributed by atoms with E-state index < -0.39 is 0 Å². The highest BCUT2D eigenvalue weighted by Gasteiger charge is 2.15. The minimum absolute atomic E-state index is 0.0317. The lowest BCUT2D eigenvalue weighted by Gasteiger charge is -2.26. The highest BCUT2D eigenvalue weighted by Crippen LogP contribution is 2.29. The van der Waals surface area contributed by atoms with Gasteiger partial charge in [-0.15, -0.1) is 0 Å². The molecule has 5 aromatic rings. The molecule has 3 aromatic heterocycles. The first-order valence-corrected chi connectivity index (χ1v) is 12.9. The van der Waals surface area contributed by atoms with Crippen LogP contribution in [0.25, 0.3) is 33.4 Å². The second kappa shape index (κ2) is 10.2. The van der Waals surface area contributed by atoms with Crippen LogP contribution in [0.2, 0.25) is 0 Å². The Bertz CT molecular complexity index is 1570. The summed E-state index contributed by atoms with van der Waals surface area (Å²) in [6.07, 6.45) is 5.58. The number of nitrogens with one attached hydrogen (secondary N) is 1. The molecule has 4 heterocycles. The summed E-state index contributed by atoms with van der Waals surface area (Å²) < 4.78 is 11.0. The van der Waals surface area contributed by atoms with E-state index in [4.69, 9.17) is 14.1 Å². The van der Waals surface area contributed by atoms with Gasteiger partial charge in [-0.3, -0.25) is 0 Å². The average molecular weight is 507 g/mol. The van der Waals surface area contributed by atoms with Gasteiger partial charge < -0.3 is 19.4 Å². The topological polar surface area (TPSA) is 89.2 Å².